The molecule has 3 aromatic rings. The van der Waals surface area contributed by atoms with E-state index in [1.165, 1.54) is 12.1 Å². The van der Waals surface area contributed by atoms with E-state index in [0.29, 0.717) is 11.7 Å². The Morgan fingerprint density at radius 1 is 1.13 bits per heavy atom. The van der Waals surface area contributed by atoms with E-state index in [2.05, 4.69) is 25.1 Å². The fraction of sp³-hybridized carbons (Fsp3) is 0.381. The number of anilines is 2. The second-order valence-corrected chi connectivity index (χ2v) is 8.12. The number of ether oxygens (including phenoxy) is 1. The van der Waals surface area contributed by atoms with Crippen LogP contribution in [-0.4, -0.2) is 43.8 Å². The first kappa shape index (κ1) is 18.8. The molecule has 156 valence electrons. The van der Waals surface area contributed by atoms with Crippen molar-refractivity contribution in [3.05, 3.63) is 47.4 Å². The van der Waals surface area contributed by atoms with Crippen LogP contribution in [-0.2, 0) is 13.0 Å². The molecule has 9 heteroatoms. The van der Waals surface area contributed by atoms with Crippen LogP contribution in [0.1, 0.15) is 30.4 Å². The van der Waals surface area contributed by atoms with Gasteiger partial charge in [0.25, 0.3) is 0 Å². The summed E-state index contributed by atoms with van der Waals surface area (Å²) in [5, 5.41) is 7.27. The molecule has 1 fully saturated rings. The van der Waals surface area contributed by atoms with Crippen LogP contribution in [0.25, 0.3) is 11.3 Å². The molecule has 4 heterocycles. The lowest BCUT2D eigenvalue weighted by molar-refractivity contribution is 0.0728. The molecule has 0 unspecified atom stereocenters. The normalized spacial score (nSPS) is 21.4. The van der Waals surface area contributed by atoms with E-state index < -0.39 is 0 Å². The van der Waals surface area contributed by atoms with E-state index in [1.54, 1.807) is 12.1 Å². The molecule has 1 spiro atoms. The first-order valence-corrected chi connectivity index (χ1v) is 10.1. The monoisotopic (exact) mass is 409 g/mol. The Kier molecular flexibility index (Phi) is 4.54. The second kappa shape index (κ2) is 7.24. The maximum Gasteiger partial charge on any atom is 0.225 e. The zero-order valence-corrected chi connectivity index (χ0v) is 16.6. The molecule has 8 nitrogen and oxygen atoms in total. The number of hydrogen-bond donors (Lipinski definition) is 3. The number of aromatic amines is 1. The number of rotatable bonds is 3. The number of nitrogens with one attached hydrogen (secondary N) is 1. The van der Waals surface area contributed by atoms with E-state index in [1.807, 2.05) is 6.20 Å². The number of likely N-dealkylation sites (tertiary alicyclic amines) is 1. The van der Waals surface area contributed by atoms with Crippen molar-refractivity contribution in [3.8, 4) is 17.1 Å². The SMILES string of the molecule is Nc1nc(N)c2c(n1)O[C@@]1(CCCN(Cc3cn[nH]c3-c3ccc(F)cc3)CC1)C2. The first-order chi connectivity index (χ1) is 14.5. The molecule has 2 aliphatic heterocycles. The third kappa shape index (κ3) is 3.45. The number of hydrogen-bond acceptors (Lipinski definition) is 7. The van der Waals surface area contributed by atoms with Crippen LogP contribution in [0.4, 0.5) is 16.2 Å². The summed E-state index contributed by atoms with van der Waals surface area (Å²) in [6, 6.07) is 6.47. The molecule has 5 rings (SSSR count). The topological polar surface area (TPSA) is 119 Å². The van der Waals surface area contributed by atoms with Gasteiger partial charge in [-0.25, -0.2) is 4.39 Å². The van der Waals surface area contributed by atoms with Crippen molar-refractivity contribution in [2.45, 2.75) is 37.8 Å². The predicted molar refractivity (Wildman–Crippen MR) is 111 cm³/mol. The van der Waals surface area contributed by atoms with Crippen molar-refractivity contribution >= 4 is 11.8 Å². The maximum atomic E-state index is 13.3. The number of nitrogens with zero attached hydrogens (tertiary/aromatic N) is 4. The number of aromatic nitrogens is 4. The van der Waals surface area contributed by atoms with Crippen molar-refractivity contribution in [1.82, 2.24) is 25.1 Å². The van der Waals surface area contributed by atoms with E-state index in [4.69, 9.17) is 16.2 Å². The molecule has 2 aliphatic rings. The second-order valence-electron chi connectivity index (χ2n) is 8.12. The number of nitrogens with two attached hydrogens (primary N) is 2. The predicted octanol–water partition coefficient (Wildman–Crippen LogP) is 2.53. The quantitative estimate of drug-likeness (QED) is 0.608. The Labute approximate surface area is 173 Å². The summed E-state index contributed by atoms with van der Waals surface area (Å²) < 4.78 is 19.5. The molecule has 0 radical (unpaired) electrons. The molecule has 0 amide bonds. The number of halogens is 1. The summed E-state index contributed by atoms with van der Waals surface area (Å²) in [7, 11) is 0. The fourth-order valence-corrected chi connectivity index (χ4v) is 4.51. The van der Waals surface area contributed by atoms with Gasteiger partial charge in [-0.3, -0.25) is 10.00 Å². The minimum absolute atomic E-state index is 0.145. The van der Waals surface area contributed by atoms with Gasteiger partial charge in [-0.2, -0.15) is 15.1 Å². The van der Waals surface area contributed by atoms with Gasteiger partial charge in [-0.1, -0.05) is 0 Å². The van der Waals surface area contributed by atoms with Gasteiger partial charge in [0.15, 0.2) is 0 Å². The Morgan fingerprint density at radius 3 is 2.80 bits per heavy atom. The molecule has 1 aromatic carbocycles. The lowest BCUT2D eigenvalue weighted by Gasteiger charge is -2.27. The van der Waals surface area contributed by atoms with E-state index in [-0.39, 0.29) is 17.4 Å². The molecule has 1 saturated heterocycles. The van der Waals surface area contributed by atoms with Crippen molar-refractivity contribution in [2.75, 3.05) is 24.6 Å². The number of H-pyrrole nitrogens is 1. The largest absolute Gasteiger partial charge is 0.470 e. The van der Waals surface area contributed by atoms with Crippen LogP contribution >= 0.6 is 0 Å². The van der Waals surface area contributed by atoms with Crippen LogP contribution in [0.2, 0.25) is 0 Å². The summed E-state index contributed by atoms with van der Waals surface area (Å²) >= 11 is 0. The molecule has 0 bridgehead atoms. The van der Waals surface area contributed by atoms with Crippen molar-refractivity contribution < 1.29 is 9.13 Å². The van der Waals surface area contributed by atoms with Crippen LogP contribution in [0, 0.1) is 5.82 Å². The lowest BCUT2D eigenvalue weighted by Crippen LogP contribution is -2.36. The Morgan fingerprint density at radius 2 is 1.97 bits per heavy atom. The van der Waals surface area contributed by atoms with Gasteiger partial charge in [0.1, 0.15) is 17.2 Å². The van der Waals surface area contributed by atoms with Gasteiger partial charge in [-0.05, 0) is 43.7 Å². The zero-order chi connectivity index (χ0) is 20.7. The van der Waals surface area contributed by atoms with Crippen LogP contribution in [0.3, 0.4) is 0 Å². The van der Waals surface area contributed by atoms with Crippen molar-refractivity contribution in [3.63, 3.8) is 0 Å². The van der Waals surface area contributed by atoms with E-state index >= 15 is 0 Å². The van der Waals surface area contributed by atoms with Gasteiger partial charge in [0, 0.05) is 37.1 Å². The molecule has 30 heavy (non-hydrogen) atoms. The summed E-state index contributed by atoms with van der Waals surface area (Å²) in [6.45, 7) is 2.60. The van der Waals surface area contributed by atoms with E-state index in [9.17, 15) is 4.39 Å². The summed E-state index contributed by atoms with van der Waals surface area (Å²) in [6.07, 6.45) is 5.36. The van der Waals surface area contributed by atoms with Crippen LogP contribution in [0.15, 0.2) is 30.5 Å². The highest BCUT2D eigenvalue weighted by atomic mass is 19.1. The minimum atomic E-state index is -0.302. The number of benzene rings is 1. The molecule has 5 N–H and O–H groups in total. The molecular weight excluding hydrogens is 385 g/mol. The summed E-state index contributed by atoms with van der Waals surface area (Å²) in [5.74, 6) is 0.841. The van der Waals surface area contributed by atoms with Gasteiger partial charge in [0.05, 0.1) is 17.5 Å². The molecule has 2 aromatic heterocycles. The third-order valence-electron chi connectivity index (χ3n) is 6.07. The Hall–Kier alpha value is -3.20. The van der Waals surface area contributed by atoms with Gasteiger partial charge in [0.2, 0.25) is 11.8 Å². The molecular formula is C21H24FN7O. The Balaban J connectivity index is 1.29. The van der Waals surface area contributed by atoms with Gasteiger partial charge < -0.3 is 16.2 Å². The highest BCUT2D eigenvalue weighted by Crippen LogP contribution is 2.42. The standard InChI is InChI=1S/C21H24FN7O/c22-15-4-2-13(3-5-15)17-14(11-25-28-17)12-29-8-1-6-21(7-9-29)10-16-18(23)26-20(24)27-19(16)30-21/h2-5,11H,1,6-10,12H2,(H,25,28)(H4,23,24,26,27)/t21-/m1/s1. The first-order valence-electron chi connectivity index (χ1n) is 10.1. The highest BCUT2D eigenvalue weighted by Gasteiger charge is 2.42. The third-order valence-corrected chi connectivity index (χ3v) is 6.07. The molecule has 1 atom stereocenters. The summed E-state index contributed by atoms with van der Waals surface area (Å²) in [5.41, 5.74) is 15.3. The number of fused-ring (bicyclic) bond motifs is 1. The maximum absolute atomic E-state index is 13.3. The van der Waals surface area contributed by atoms with Crippen LogP contribution in [0.5, 0.6) is 5.88 Å². The average Bonchev–Trinajstić information content (AvgIpc) is 3.26. The van der Waals surface area contributed by atoms with Crippen LogP contribution < -0.4 is 16.2 Å². The number of nitrogen functional groups attached to an aromatic ring is 2. The lowest BCUT2D eigenvalue weighted by atomic mass is 9.90. The fourth-order valence-electron chi connectivity index (χ4n) is 4.51. The van der Waals surface area contributed by atoms with Gasteiger partial charge in [-0.15, -0.1) is 0 Å². The van der Waals surface area contributed by atoms with Crippen molar-refractivity contribution in [2.24, 2.45) is 0 Å². The van der Waals surface area contributed by atoms with Crippen molar-refractivity contribution in [1.29, 1.82) is 0 Å². The summed E-state index contributed by atoms with van der Waals surface area (Å²) in [4.78, 5) is 10.7. The minimum Gasteiger partial charge on any atom is -0.470 e. The molecule has 0 saturated carbocycles. The van der Waals surface area contributed by atoms with E-state index in [0.717, 1.165) is 67.7 Å². The average molecular weight is 409 g/mol. The zero-order valence-electron chi connectivity index (χ0n) is 16.6. The van der Waals surface area contributed by atoms with Gasteiger partial charge >= 0.3 is 0 Å². The highest BCUT2D eigenvalue weighted by molar-refractivity contribution is 5.62. The Bertz CT molecular complexity index is 1070. The smallest absolute Gasteiger partial charge is 0.225 e. The molecule has 0 aliphatic carbocycles.